The summed E-state index contributed by atoms with van der Waals surface area (Å²) in [5.74, 6) is -0.0770. The molecule has 0 aromatic heterocycles. The van der Waals surface area contributed by atoms with Gasteiger partial charge in [0.2, 0.25) is 5.75 Å². The molecule has 0 radical (unpaired) electrons. The number of hydrogen-bond acceptors (Lipinski definition) is 5. The molecule has 0 saturated carbocycles. The predicted molar refractivity (Wildman–Crippen MR) is 95.9 cm³/mol. The van der Waals surface area contributed by atoms with Crippen LogP contribution >= 0.6 is 0 Å². The monoisotopic (exact) mass is 406 g/mol. The molecule has 6 nitrogen and oxygen atoms in total. The van der Waals surface area contributed by atoms with Crippen molar-refractivity contribution in [2.75, 3.05) is 26.9 Å². The van der Waals surface area contributed by atoms with E-state index in [1.165, 1.54) is 43.5 Å². The van der Waals surface area contributed by atoms with Gasteiger partial charge in [0, 0.05) is 12.1 Å². The summed E-state index contributed by atoms with van der Waals surface area (Å²) in [6.45, 7) is -1.15. The number of rotatable bonds is 5. The second-order valence-corrected chi connectivity index (χ2v) is 6.29. The summed E-state index contributed by atoms with van der Waals surface area (Å²) in [5.41, 5.74) is 0.828. The van der Waals surface area contributed by atoms with Crippen molar-refractivity contribution >= 4 is 5.91 Å². The molecule has 0 aliphatic carbocycles. The van der Waals surface area contributed by atoms with Crippen LogP contribution in [0.5, 0.6) is 17.2 Å². The first-order chi connectivity index (χ1) is 13.8. The highest BCUT2D eigenvalue weighted by atomic mass is 19.4. The first-order valence-corrected chi connectivity index (χ1v) is 8.63. The van der Waals surface area contributed by atoms with Crippen LogP contribution in [0, 0.1) is 11.3 Å². The number of nitrogens with zero attached hydrogens (tertiary/aromatic N) is 2. The number of hydrogen-bond donors (Lipinski definition) is 0. The maximum atomic E-state index is 13.1. The molecule has 1 aliphatic rings. The van der Waals surface area contributed by atoms with Crippen molar-refractivity contribution in [2.24, 2.45) is 0 Å². The van der Waals surface area contributed by atoms with Crippen LogP contribution in [-0.4, -0.2) is 43.9 Å². The number of nitriles is 1. The highest BCUT2D eigenvalue weighted by molar-refractivity contribution is 5.95. The van der Waals surface area contributed by atoms with Crippen LogP contribution in [0.1, 0.15) is 21.5 Å². The van der Waals surface area contributed by atoms with Crippen molar-refractivity contribution in [3.05, 3.63) is 53.1 Å². The van der Waals surface area contributed by atoms with Crippen molar-refractivity contribution < 1.29 is 32.2 Å². The summed E-state index contributed by atoms with van der Waals surface area (Å²) in [6.07, 6.45) is -4.58. The lowest BCUT2D eigenvalue weighted by molar-refractivity contribution is -0.141. The normalized spacial score (nSPS) is 12.8. The summed E-state index contributed by atoms with van der Waals surface area (Å²) in [6, 6.07) is 10.6. The van der Waals surface area contributed by atoms with Crippen LogP contribution in [-0.2, 0) is 6.54 Å². The third-order valence-electron chi connectivity index (χ3n) is 4.19. The third kappa shape index (κ3) is 4.90. The van der Waals surface area contributed by atoms with E-state index >= 15 is 0 Å². The van der Waals surface area contributed by atoms with Crippen LogP contribution in [0.15, 0.2) is 36.4 Å². The number of halogens is 3. The van der Waals surface area contributed by atoms with Gasteiger partial charge in [-0.1, -0.05) is 12.1 Å². The van der Waals surface area contributed by atoms with Gasteiger partial charge in [-0.3, -0.25) is 4.79 Å². The zero-order valence-corrected chi connectivity index (χ0v) is 15.5. The Morgan fingerprint density at radius 2 is 1.90 bits per heavy atom. The van der Waals surface area contributed by atoms with E-state index in [0.29, 0.717) is 28.4 Å². The van der Waals surface area contributed by atoms with E-state index < -0.39 is 18.6 Å². The van der Waals surface area contributed by atoms with Crippen molar-refractivity contribution in [1.29, 1.82) is 5.26 Å². The minimum Gasteiger partial charge on any atom is -0.493 e. The number of alkyl halides is 3. The number of benzene rings is 2. The Kier molecular flexibility index (Phi) is 5.82. The van der Waals surface area contributed by atoms with Crippen LogP contribution in [0.25, 0.3) is 0 Å². The molecular formula is C20H17F3N2O4. The molecule has 0 fully saturated rings. The third-order valence-corrected chi connectivity index (χ3v) is 4.19. The molecule has 2 aromatic rings. The van der Waals surface area contributed by atoms with Gasteiger partial charge in [-0.25, -0.2) is 0 Å². The summed E-state index contributed by atoms with van der Waals surface area (Å²) in [5, 5.41) is 8.85. The maximum Gasteiger partial charge on any atom is 0.406 e. The van der Waals surface area contributed by atoms with Crippen LogP contribution in [0.2, 0.25) is 0 Å². The number of methoxy groups -OCH3 is 1. The molecule has 0 spiro atoms. The molecule has 152 valence electrons. The Bertz CT molecular complexity index is 919. The lowest BCUT2D eigenvalue weighted by Crippen LogP contribution is -2.38. The Hall–Kier alpha value is -3.41. The number of carbonyl (C=O) groups is 1. The molecule has 1 aliphatic heterocycles. The average molecular weight is 406 g/mol. The summed E-state index contributed by atoms with van der Waals surface area (Å²) in [4.78, 5) is 13.6. The second-order valence-electron chi connectivity index (χ2n) is 6.29. The highest BCUT2D eigenvalue weighted by Gasteiger charge is 2.34. The lowest BCUT2D eigenvalue weighted by atomic mass is 10.1. The first-order valence-electron chi connectivity index (χ1n) is 8.63. The van der Waals surface area contributed by atoms with Gasteiger partial charge in [0.25, 0.3) is 5.91 Å². The van der Waals surface area contributed by atoms with Gasteiger partial charge >= 0.3 is 6.18 Å². The Morgan fingerprint density at radius 3 is 2.52 bits per heavy atom. The molecule has 1 amide bonds. The minimum absolute atomic E-state index is 0.0102. The molecule has 29 heavy (non-hydrogen) atoms. The van der Waals surface area contributed by atoms with Gasteiger partial charge in [0.15, 0.2) is 11.5 Å². The van der Waals surface area contributed by atoms with Gasteiger partial charge in [0.1, 0.15) is 19.8 Å². The van der Waals surface area contributed by atoms with E-state index in [4.69, 9.17) is 19.5 Å². The molecule has 9 heteroatoms. The van der Waals surface area contributed by atoms with E-state index in [1.807, 2.05) is 6.07 Å². The molecule has 1 heterocycles. The van der Waals surface area contributed by atoms with Crippen molar-refractivity contribution in [2.45, 2.75) is 12.7 Å². The predicted octanol–water partition coefficient (Wildman–Crippen LogP) is 3.54. The van der Waals surface area contributed by atoms with Crippen LogP contribution < -0.4 is 14.2 Å². The summed E-state index contributed by atoms with van der Waals surface area (Å²) in [7, 11) is 1.37. The van der Waals surface area contributed by atoms with Gasteiger partial charge in [-0.2, -0.15) is 18.4 Å². The fraction of sp³-hybridized carbons (Fsp3) is 0.300. The molecule has 3 rings (SSSR count). The van der Waals surface area contributed by atoms with Crippen molar-refractivity contribution in [1.82, 2.24) is 4.90 Å². The molecule has 0 unspecified atom stereocenters. The molecule has 0 N–H and O–H groups in total. The Morgan fingerprint density at radius 1 is 1.21 bits per heavy atom. The second kappa shape index (κ2) is 8.31. The molecule has 0 saturated heterocycles. The van der Waals surface area contributed by atoms with Gasteiger partial charge < -0.3 is 19.1 Å². The Labute approximate surface area is 165 Å². The SMILES string of the molecule is COc1cc(C(=O)N(Cc2ccc(C#N)cc2)CC(F)(F)F)cc2c1OCCO2. The maximum absolute atomic E-state index is 13.1. The van der Waals surface area contributed by atoms with Crippen LogP contribution in [0.4, 0.5) is 13.2 Å². The molecule has 0 bridgehead atoms. The number of carbonyl (C=O) groups excluding carboxylic acids is 1. The van der Waals surface area contributed by atoms with Crippen molar-refractivity contribution in [3.8, 4) is 23.3 Å². The van der Waals surface area contributed by atoms with Gasteiger partial charge in [-0.05, 0) is 29.8 Å². The zero-order valence-electron chi connectivity index (χ0n) is 15.5. The van der Waals surface area contributed by atoms with E-state index in [9.17, 15) is 18.0 Å². The smallest absolute Gasteiger partial charge is 0.406 e. The zero-order chi connectivity index (χ0) is 21.0. The largest absolute Gasteiger partial charge is 0.493 e. The fourth-order valence-electron chi connectivity index (χ4n) is 2.90. The van der Waals surface area contributed by atoms with Crippen LogP contribution in [0.3, 0.4) is 0 Å². The van der Waals surface area contributed by atoms with E-state index in [1.54, 1.807) is 0 Å². The molecular weight excluding hydrogens is 389 g/mol. The number of amides is 1. The van der Waals surface area contributed by atoms with E-state index in [-0.39, 0.29) is 30.2 Å². The fourth-order valence-corrected chi connectivity index (χ4v) is 2.90. The van der Waals surface area contributed by atoms with E-state index in [0.717, 1.165) is 0 Å². The number of fused-ring (bicyclic) bond motifs is 1. The highest BCUT2D eigenvalue weighted by Crippen LogP contribution is 2.40. The van der Waals surface area contributed by atoms with Crippen molar-refractivity contribution in [3.63, 3.8) is 0 Å². The summed E-state index contributed by atoms with van der Waals surface area (Å²) < 4.78 is 55.5. The Balaban J connectivity index is 1.92. The lowest BCUT2D eigenvalue weighted by Gasteiger charge is -2.26. The minimum atomic E-state index is -4.58. The standard InChI is InChI=1S/C20H17F3N2O4/c1-27-16-8-15(9-17-18(16)29-7-6-28-17)19(26)25(12-20(21,22)23)11-14-4-2-13(10-24)3-5-14/h2-5,8-9H,6-7,11-12H2,1H3. The molecule has 0 atom stereocenters. The van der Waals surface area contributed by atoms with Gasteiger partial charge in [-0.15, -0.1) is 0 Å². The quantitative estimate of drug-likeness (QED) is 0.760. The first kappa shape index (κ1) is 20.3. The average Bonchev–Trinajstić information content (AvgIpc) is 2.71. The number of ether oxygens (including phenoxy) is 3. The topological polar surface area (TPSA) is 71.8 Å². The summed E-state index contributed by atoms with van der Waals surface area (Å²) >= 11 is 0. The van der Waals surface area contributed by atoms with E-state index in [2.05, 4.69) is 0 Å². The molecule has 2 aromatic carbocycles. The van der Waals surface area contributed by atoms with Gasteiger partial charge in [0.05, 0.1) is 18.7 Å².